The number of rotatable bonds is 4. The minimum Gasteiger partial charge on any atom is -0.465 e. The van der Waals surface area contributed by atoms with E-state index < -0.39 is 6.09 Å². The van der Waals surface area contributed by atoms with Crippen LogP contribution in [0.25, 0.3) is 0 Å². The molecule has 0 bridgehead atoms. The van der Waals surface area contributed by atoms with Gasteiger partial charge in [0.05, 0.1) is 12.7 Å². The molecule has 1 aliphatic carbocycles. The molecule has 0 saturated heterocycles. The Morgan fingerprint density at radius 3 is 2.78 bits per heavy atom. The molecular formula is C14H19NO3. The number of nitrogens with one attached hydrogen (secondary N) is 1. The molecule has 4 nitrogen and oxygen atoms in total. The average Bonchev–Trinajstić information content (AvgIpc) is 2.68. The van der Waals surface area contributed by atoms with Gasteiger partial charge in [-0.05, 0) is 24.3 Å². The van der Waals surface area contributed by atoms with E-state index in [1.54, 1.807) is 0 Å². The summed E-state index contributed by atoms with van der Waals surface area (Å²) in [5, 5.41) is 11.3. The van der Waals surface area contributed by atoms with Crippen molar-refractivity contribution in [3.63, 3.8) is 0 Å². The highest BCUT2D eigenvalue weighted by Crippen LogP contribution is 2.28. The number of benzene rings is 1. The lowest BCUT2D eigenvalue weighted by Crippen LogP contribution is -2.35. The van der Waals surface area contributed by atoms with Gasteiger partial charge in [-0.1, -0.05) is 37.3 Å². The highest BCUT2D eigenvalue weighted by Gasteiger charge is 2.32. The van der Waals surface area contributed by atoms with Gasteiger partial charge >= 0.3 is 6.09 Å². The van der Waals surface area contributed by atoms with Crippen molar-refractivity contribution in [3.8, 4) is 0 Å². The van der Waals surface area contributed by atoms with Crippen molar-refractivity contribution in [2.24, 2.45) is 5.92 Å². The maximum atomic E-state index is 10.6. The molecule has 18 heavy (non-hydrogen) atoms. The van der Waals surface area contributed by atoms with Gasteiger partial charge in [0, 0.05) is 6.04 Å². The van der Waals surface area contributed by atoms with Crippen LogP contribution in [0, 0.1) is 5.92 Å². The molecule has 1 fully saturated rings. The third-order valence-corrected chi connectivity index (χ3v) is 3.48. The van der Waals surface area contributed by atoms with E-state index in [1.165, 1.54) is 0 Å². The maximum absolute atomic E-state index is 10.6. The van der Waals surface area contributed by atoms with Crippen molar-refractivity contribution in [2.75, 3.05) is 0 Å². The van der Waals surface area contributed by atoms with Gasteiger partial charge < -0.3 is 15.2 Å². The molecule has 1 amide bonds. The first-order valence-corrected chi connectivity index (χ1v) is 6.30. The van der Waals surface area contributed by atoms with E-state index in [0.717, 1.165) is 18.4 Å². The second-order valence-corrected chi connectivity index (χ2v) is 4.92. The van der Waals surface area contributed by atoms with Crippen molar-refractivity contribution < 1.29 is 14.6 Å². The Balaban J connectivity index is 1.80. The second-order valence-electron chi connectivity index (χ2n) is 4.92. The fraction of sp³-hybridized carbons (Fsp3) is 0.500. The Morgan fingerprint density at radius 1 is 1.39 bits per heavy atom. The first kappa shape index (κ1) is 12.9. The molecule has 1 aromatic rings. The van der Waals surface area contributed by atoms with Gasteiger partial charge in [0.2, 0.25) is 0 Å². The van der Waals surface area contributed by atoms with Crippen LogP contribution in [0.1, 0.15) is 25.3 Å². The normalized spacial score (nSPS) is 27.1. The monoisotopic (exact) mass is 249 g/mol. The standard InChI is InChI=1S/C14H19NO3/c1-10-7-12(8-13(10)15-14(16)17)18-9-11-5-3-2-4-6-11/h2-6,10,12-13,15H,7-9H2,1H3,(H,16,17). The van der Waals surface area contributed by atoms with E-state index in [1.807, 2.05) is 30.3 Å². The van der Waals surface area contributed by atoms with Gasteiger partial charge in [-0.15, -0.1) is 0 Å². The Hall–Kier alpha value is -1.55. The zero-order chi connectivity index (χ0) is 13.0. The minimum absolute atomic E-state index is 0.0169. The van der Waals surface area contributed by atoms with Crippen LogP contribution in [0.2, 0.25) is 0 Å². The fourth-order valence-electron chi connectivity index (χ4n) is 2.47. The van der Waals surface area contributed by atoms with E-state index in [2.05, 4.69) is 12.2 Å². The number of amides is 1. The molecule has 1 saturated carbocycles. The van der Waals surface area contributed by atoms with Gasteiger partial charge in [0.1, 0.15) is 0 Å². The topological polar surface area (TPSA) is 58.6 Å². The van der Waals surface area contributed by atoms with Crippen LogP contribution in [-0.2, 0) is 11.3 Å². The Kier molecular flexibility index (Phi) is 4.20. The summed E-state index contributed by atoms with van der Waals surface area (Å²) in [5.41, 5.74) is 1.15. The largest absolute Gasteiger partial charge is 0.465 e. The zero-order valence-electron chi connectivity index (χ0n) is 10.5. The van der Waals surface area contributed by atoms with E-state index in [9.17, 15) is 4.79 Å². The van der Waals surface area contributed by atoms with Crippen LogP contribution < -0.4 is 5.32 Å². The molecule has 0 radical (unpaired) electrons. The number of carbonyl (C=O) groups is 1. The highest BCUT2D eigenvalue weighted by atomic mass is 16.5. The van der Waals surface area contributed by atoms with Crippen molar-refractivity contribution in [3.05, 3.63) is 35.9 Å². The van der Waals surface area contributed by atoms with Crippen LogP contribution in [0.5, 0.6) is 0 Å². The molecule has 3 unspecified atom stereocenters. The molecular weight excluding hydrogens is 230 g/mol. The predicted octanol–water partition coefficient (Wildman–Crippen LogP) is 2.64. The minimum atomic E-state index is -0.949. The van der Waals surface area contributed by atoms with E-state index in [-0.39, 0.29) is 12.1 Å². The van der Waals surface area contributed by atoms with Crippen LogP contribution in [0.3, 0.4) is 0 Å². The van der Waals surface area contributed by atoms with Crippen molar-refractivity contribution >= 4 is 6.09 Å². The lowest BCUT2D eigenvalue weighted by molar-refractivity contribution is 0.0425. The van der Waals surface area contributed by atoms with Gasteiger partial charge in [0.25, 0.3) is 0 Å². The first-order valence-electron chi connectivity index (χ1n) is 6.30. The number of carboxylic acid groups (broad SMARTS) is 1. The fourth-order valence-corrected chi connectivity index (χ4v) is 2.47. The number of hydrogen-bond acceptors (Lipinski definition) is 2. The summed E-state index contributed by atoms with van der Waals surface area (Å²) in [5.74, 6) is 0.335. The summed E-state index contributed by atoms with van der Waals surface area (Å²) in [6, 6.07) is 10.0. The molecule has 2 rings (SSSR count). The summed E-state index contributed by atoms with van der Waals surface area (Å²) in [7, 11) is 0. The van der Waals surface area contributed by atoms with Crippen LogP contribution >= 0.6 is 0 Å². The third-order valence-electron chi connectivity index (χ3n) is 3.48. The van der Waals surface area contributed by atoms with Gasteiger partial charge in [0.15, 0.2) is 0 Å². The highest BCUT2D eigenvalue weighted by molar-refractivity contribution is 5.64. The summed E-state index contributed by atoms with van der Waals surface area (Å²) < 4.78 is 5.84. The van der Waals surface area contributed by atoms with Crippen molar-refractivity contribution in [1.82, 2.24) is 5.32 Å². The molecule has 0 heterocycles. The molecule has 0 aliphatic heterocycles. The number of ether oxygens (including phenoxy) is 1. The Labute approximate surface area is 107 Å². The lowest BCUT2D eigenvalue weighted by Gasteiger charge is -2.14. The Morgan fingerprint density at radius 2 is 2.11 bits per heavy atom. The van der Waals surface area contributed by atoms with Crippen LogP contribution in [0.4, 0.5) is 4.79 Å². The third kappa shape index (κ3) is 3.47. The molecule has 1 aromatic carbocycles. The summed E-state index contributed by atoms with van der Waals surface area (Å²) >= 11 is 0. The smallest absolute Gasteiger partial charge is 0.404 e. The van der Waals surface area contributed by atoms with E-state index in [0.29, 0.717) is 12.5 Å². The summed E-state index contributed by atoms with van der Waals surface area (Å²) in [4.78, 5) is 10.6. The predicted molar refractivity (Wildman–Crippen MR) is 68.4 cm³/mol. The average molecular weight is 249 g/mol. The van der Waals surface area contributed by atoms with E-state index >= 15 is 0 Å². The van der Waals surface area contributed by atoms with Crippen LogP contribution in [0.15, 0.2) is 30.3 Å². The van der Waals surface area contributed by atoms with Gasteiger partial charge in [-0.2, -0.15) is 0 Å². The molecule has 98 valence electrons. The zero-order valence-corrected chi connectivity index (χ0v) is 10.5. The molecule has 2 N–H and O–H groups in total. The summed E-state index contributed by atoms with van der Waals surface area (Å²) in [6.07, 6.45) is 0.880. The number of hydrogen-bond donors (Lipinski definition) is 2. The Bertz CT molecular complexity index is 393. The molecule has 4 heteroatoms. The maximum Gasteiger partial charge on any atom is 0.404 e. The van der Waals surface area contributed by atoms with Crippen molar-refractivity contribution in [1.29, 1.82) is 0 Å². The quantitative estimate of drug-likeness (QED) is 0.862. The summed E-state index contributed by atoms with van der Waals surface area (Å²) in [6.45, 7) is 2.66. The van der Waals surface area contributed by atoms with Crippen molar-refractivity contribution in [2.45, 2.75) is 38.5 Å². The first-order chi connectivity index (χ1) is 8.65. The van der Waals surface area contributed by atoms with Gasteiger partial charge in [-0.25, -0.2) is 4.79 Å². The molecule has 3 atom stereocenters. The SMILES string of the molecule is CC1CC(OCc2ccccc2)CC1NC(=O)O. The van der Waals surface area contributed by atoms with Gasteiger partial charge in [-0.3, -0.25) is 0 Å². The second kappa shape index (κ2) is 5.87. The van der Waals surface area contributed by atoms with Crippen LogP contribution in [-0.4, -0.2) is 23.3 Å². The molecule has 0 spiro atoms. The molecule has 1 aliphatic rings. The lowest BCUT2D eigenvalue weighted by atomic mass is 10.1. The molecule has 0 aromatic heterocycles. The van der Waals surface area contributed by atoms with E-state index in [4.69, 9.17) is 9.84 Å².